The molecule has 2 heterocycles. The van der Waals surface area contributed by atoms with Gasteiger partial charge in [0.05, 0.1) is 19.4 Å². The number of pyridine rings is 1. The number of hydrogen-bond acceptors (Lipinski definition) is 7. The van der Waals surface area contributed by atoms with Gasteiger partial charge < -0.3 is 14.4 Å². The van der Waals surface area contributed by atoms with E-state index in [1.807, 2.05) is 35.8 Å². The van der Waals surface area contributed by atoms with Crippen LogP contribution in [0.4, 0.5) is 11.6 Å². The van der Waals surface area contributed by atoms with E-state index in [1.54, 1.807) is 26.1 Å². The minimum Gasteiger partial charge on any atom is -0.324 e. The number of rotatable bonds is 9. The number of anilines is 2. The first-order chi connectivity index (χ1) is 15.9. The van der Waals surface area contributed by atoms with Crippen LogP contribution in [-0.4, -0.2) is 27.7 Å². The zero-order chi connectivity index (χ0) is 23.4. The molecule has 0 aliphatic heterocycles. The molecule has 0 bridgehead atoms. The smallest absolute Gasteiger partial charge is 0.324 e. The van der Waals surface area contributed by atoms with Crippen LogP contribution in [0.25, 0.3) is 11.0 Å². The normalized spacial score (nSPS) is 14.8. The van der Waals surface area contributed by atoms with Gasteiger partial charge in [-0.25, -0.2) is 4.98 Å². The van der Waals surface area contributed by atoms with Crippen LogP contribution < -0.4 is 10.9 Å². The minimum atomic E-state index is -3.15. The summed E-state index contributed by atoms with van der Waals surface area (Å²) in [6.07, 6.45) is 6.26. The molecule has 0 saturated heterocycles. The van der Waals surface area contributed by atoms with E-state index in [-0.39, 0.29) is 17.8 Å². The maximum absolute atomic E-state index is 12.8. The van der Waals surface area contributed by atoms with Crippen molar-refractivity contribution < 1.29 is 13.6 Å². The first-order valence-electron chi connectivity index (χ1n) is 11.6. The van der Waals surface area contributed by atoms with Crippen molar-refractivity contribution in [3.8, 4) is 0 Å². The van der Waals surface area contributed by atoms with Crippen molar-refractivity contribution in [2.75, 3.05) is 18.5 Å². The summed E-state index contributed by atoms with van der Waals surface area (Å²) in [5, 5.41) is 4.12. The number of nitrogens with zero attached hydrogens (tertiary/aromatic N) is 3. The first-order valence-corrected chi connectivity index (χ1v) is 13.3. The third kappa shape index (κ3) is 5.35. The van der Waals surface area contributed by atoms with Crippen molar-refractivity contribution in [1.82, 2.24) is 14.5 Å². The standard InChI is InChI=1S/C24H31N4O4P/c1-4-31-33(30,32-5-2)16-18-10-12-19(13-11-18)26-24-25-15-21-17(3)14-22(29)28(23(21)27-24)20-8-6-7-9-20/h10-15,20H,4-9,16H2,1-3H3,(H,25,26,27). The molecule has 33 heavy (non-hydrogen) atoms. The largest absolute Gasteiger partial charge is 0.335 e. The molecule has 0 radical (unpaired) electrons. The number of fused-ring (bicyclic) bond motifs is 1. The number of hydrogen-bond donors (Lipinski definition) is 1. The van der Waals surface area contributed by atoms with Gasteiger partial charge in [-0.05, 0) is 56.9 Å². The van der Waals surface area contributed by atoms with Crippen LogP contribution in [0.2, 0.25) is 0 Å². The molecule has 4 rings (SSSR count). The van der Waals surface area contributed by atoms with Gasteiger partial charge in [-0.3, -0.25) is 13.9 Å². The Labute approximate surface area is 193 Å². The van der Waals surface area contributed by atoms with Gasteiger partial charge in [-0.1, -0.05) is 25.0 Å². The Morgan fingerprint density at radius 3 is 2.42 bits per heavy atom. The average Bonchev–Trinajstić information content (AvgIpc) is 3.29. The van der Waals surface area contributed by atoms with E-state index in [4.69, 9.17) is 14.0 Å². The van der Waals surface area contributed by atoms with E-state index in [0.29, 0.717) is 24.8 Å². The SMILES string of the molecule is CCOP(=O)(Cc1ccc(Nc2ncc3c(C)cc(=O)n(C4CCCC4)c3n2)cc1)OCC. The second-order valence-corrected chi connectivity index (χ2v) is 10.4. The number of aromatic nitrogens is 3. The Bertz CT molecular complexity index is 1210. The van der Waals surface area contributed by atoms with E-state index in [2.05, 4.69) is 10.3 Å². The van der Waals surface area contributed by atoms with Gasteiger partial charge >= 0.3 is 7.60 Å². The fourth-order valence-corrected chi connectivity index (χ4v) is 6.12. The lowest BCUT2D eigenvalue weighted by molar-refractivity contribution is 0.219. The Hall–Kier alpha value is -2.54. The lowest BCUT2D eigenvalue weighted by atomic mass is 10.1. The summed E-state index contributed by atoms with van der Waals surface area (Å²) in [6.45, 7) is 6.19. The van der Waals surface area contributed by atoms with Crippen LogP contribution in [-0.2, 0) is 19.8 Å². The predicted octanol–water partition coefficient (Wildman–Crippen LogP) is 5.72. The molecule has 3 aromatic rings. The zero-order valence-electron chi connectivity index (χ0n) is 19.4. The molecule has 176 valence electrons. The zero-order valence-corrected chi connectivity index (χ0v) is 20.3. The van der Waals surface area contributed by atoms with Crippen molar-refractivity contribution in [2.24, 2.45) is 0 Å². The van der Waals surface area contributed by atoms with Crippen LogP contribution in [0.5, 0.6) is 0 Å². The van der Waals surface area contributed by atoms with Gasteiger partial charge in [0.15, 0.2) is 0 Å². The molecule has 1 aliphatic rings. The molecule has 2 aromatic heterocycles. The Morgan fingerprint density at radius 1 is 1.12 bits per heavy atom. The Balaban J connectivity index is 1.58. The number of nitrogens with one attached hydrogen (secondary N) is 1. The fourth-order valence-electron chi connectivity index (χ4n) is 4.42. The van der Waals surface area contributed by atoms with E-state index in [9.17, 15) is 9.36 Å². The lowest BCUT2D eigenvalue weighted by Gasteiger charge is -2.18. The summed E-state index contributed by atoms with van der Waals surface area (Å²) >= 11 is 0. The summed E-state index contributed by atoms with van der Waals surface area (Å²) < 4.78 is 25.4. The lowest BCUT2D eigenvalue weighted by Crippen LogP contribution is -2.24. The molecule has 0 amide bonds. The molecule has 0 atom stereocenters. The van der Waals surface area contributed by atoms with Crippen molar-refractivity contribution in [2.45, 2.75) is 58.7 Å². The van der Waals surface area contributed by atoms with Gasteiger partial charge in [0, 0.05) is 29.4 Å². The van der Waals surface area contributed by atoms with Crippen LogP contribution in [0.3, 0.4) is 0 Å². The maximum atomic E-state index is 12.8. The van der Waals surface area contributed by atoms with E-state index in [0.717, 1.165) is 47.9 Å². The van der Waals surface area contributed by atoms with Gasteiger partial charge in [-0.15, -0.1) is 0 Å². The molecule has 1 aromatic carbocycles. The summed E-state index contributed by atoms with van der Waals surface area (Å²) in [6, 6.07) is 9.39. The summed E-state index contributed by atoms with van der Waals surface area (Å²) in [5.41, 5.74) is 3.21. The maximum Gasteiger partial charge on any atom is 0.335 e. The second-order valence-electron chi connectivity index (χ2n) is 8.33. The Morgan fingerprint density at radius 2 is 1.79 bits per heavy atom. The molecule has 1 fully saturated rings. The summed E-state index contributed by atoms with van der Waals surface area (Å²) in [7, 11) is -3.15. The van der Waals surface area contributed by atoms with Crippen LogP contribution in [0.15, 0.2) is 41.3 Å². The highest BCUT2D eigenvalue weighted by molar-refractivity contribution is 7.53. The molecule has 1 N–H and O–H groups in total. The highest BCUT2D eigenvalue weighted by atomic mass is 31.2. The fraction of sp³-hybridized carbons (Fsp3) is 0.458. The summed E-state index contributed by atoms with van der Waals surface area (Å²) in [5.74, 6) is 0.432. The van der Waals surface area contributed by atoms with E-state index in [1.165, 1.54) is 0 Å². The van der Waals surface area contributed by atoms with Gasteiger partial charge in [0.2, 0.25) is 5.95 Å². The highest BCUT2D eigenvalue weighted by Gasteiger charge is 2.24. The number of aryl methyl sites for hydroxylation is 1. The molecule has 9 heteroatoms. The van der Waals surface area contributed by atoms with Gasteiger partial charge in [0.1, 0.15) is 5.65 Å². The monoisotopic (exact) mass is 470 g/mol. The molecule has 1 saturated carbocycles. The number of benzene rings is 1. The first kappa shape index (κ1) is 23.6. The summed E-state index contributed by atoms with van der Waals surface area (Å²) in [4.78, 5) is 22.0. The minimum absolute atomic E-state index is 0.00562. The molecule has 0 unspecified atom stereocenters. The van der Waals surface area contributed by atoms with Crippen molar-refractivity contribution >= 4 is 30.3 Å². The van der Waals surface area contributed by atoms with Gasteiger partial charge in [-0.2, -0.15) is 4.98 Å². The van der Waals surface area contributed by atoms with Gasteiger partial charge in [0.25, 0.3) is 5.56 Å². The molecular formula is C24H31N4O4P. The third-order valence-electron chi connectivity index (χ3n) is 5.93. The van der Waals surface area contributed by atoms with Crippen LogP contribution in [0, 0.1) is 6.92 Å². The molecule has 0 spiro atoms. The van der Waals surface area contributed by atoms with Crippen molar-refractivity contribution in [3.63, 3.8) is 0 Å². The predicted molar refractivity (Wildman–Crippen MR) is 130 cm³/mol. The average molecular weight is 471 g/mol. The molecule has 8 nitrogen and oxygen atoms in total. The van der Waals surface area contributed by atoms with Crippen molar-refractivity contribution in [3.05, 3.63) is 58.0 Å². The topological polar surface area (TPSA) is 95.3 Å². The highest BCUT2D eigenvalue weighted by Crippen LogP contribution is 2.51. The Kier molecular flexibility index (Phi) is 7.27. The van der Waals surface area contributed by atoms with Crippen molar-refractivity contribution in [1.29, 1.82) is 0 Å². The van der Waals surface area contributed by atoms with Crippen LogP contribution >= 0.6 is 7.60 Å². The third-order valence-corrected chi connectivity index (χ3v) is 7.98. The van der Waals surface area contributed by atoms with Crippen LogP contribution in [0.1, 0.15) is 56.7 Å². The molecule has 1 aliphatic carbocycles. The molecular weight excluding hydrogens is 439 g/mol. The quantitative estimate of drug-likeness (QED) is 0.399. The van der Waals surface area contributed by atoms with E-state index >= 15 is 0 Å². The van der Waals surface area contributed by atoms with E-state index < -0.39 is 7.60 Å². The second kappa shape index (κ2) is 10.2.